The summed E-state index contributed by atoms with van der Waals surface area (Å²) >= 11 is 5.01. The second-order valence-electron chi connectivity index (χ2n) is 3.56. The third-order valence-electron chi connectivity index (χ3n) is 2.31. The predicted molar refractivity (Wildman–Crippen MR) is 71.5 cm³/mol. The molecular weight excluding hydrogens is 302 g/mol. The Bertz CT molecular complexity index is 501. The standard InChI is InChI=1S/C12H12BrNO2S/c1-16-12-4-2-3-10(14-12)11(15)6-9-5-8(13)7-17-9/h2-5,7,11,15H,6H2,1H3. The molecule has 0 fully saturated rings. The molecule has 3 nitrogen and oxygen atoms in total. The average molecular weight is 314 g/mol. The van der Waals surface area contributed by atoms with Crippen LogP contribution in [0.1, 0.15) is 16.7 Å². The van der Waals surface area contributed by atoms with Crippen molar-refractivity contribution in [2.75, 3.05) is 7.11 Å². The van der Waals surface area contributed by atoms with Crippen LogP contribution in [-0.4, -0.2) is 17.2 Å². The molecule has 0 bridgehead atoms. The highest BCUT2D eigenvalue weighted by Gasteiger charge is 2.12. The van der Waals surface area contributed by atoms with E-state index in [-0.39, 0.29) is 0 Å². The molecule has 0 aliphatic carbocycles. The highest BCUT2D eigenvalue weighted by Crippen LogP contribution is 2.25. The second kappa shape index (κ2) is 5.62. The molecule has 0 aromatic carbocycles. The van der Waals surface area contributed by atoms with Gasteiger partial charge < -0.3 is 9.84 Å². The van der Waals surface area contributed by atoms with Crippen molar-refractivity contribution < 1.29 is 9.84 Å². The van der Waals surface area contributed by atoms with E-state index in [1.807, 2.05) is 17.5 Å². The molecule has 0 saturated heterocycles. The van der Waals surface area contributed by atoms with Crippen molar-refractivity contribution in [3.63, 3.8) is 0 Å². The highest BCUT2D eigenvalue weighted by molar-refractivity contribution is 9.10. The first-order chi connectivity index (χ1) is 8.19. The van der Waals surface area contributed by atoms with Crippen molar-refractivity contribution >= 4 is 27.3 Å². The van der Waals surface area contributed by atoms with Gasteiger partial charge in [0.25, 0.3) is 0 Å². The molecule has 2 aromatic heterocycles. The lowest BCUT2D eigenvalue weighted by Crippen LogP contribution is -2.03. The number of nitrogens with zero attached hydrogens (tertiary/aromatic N) is 1. The van der Waals surface area contributed by atoms with Gasteiger partial charge in [0.1, 0.15) is 6.10 Å². The molecule has 2 heterocycles. The van der Waals surface area contributed by atoms with Crippen molar-refractivity contribution in [1.82, 2.24) is 4.98 Å². The first-order valence-corrected chi connectivity index (χ1v) is 6.78. The van der Waals surface area contributed by atoms with Crippen molar-refractivity contribution in [2.45, 2.75) is 12.5 Å². The minimum atomic E-state index is -0.601. The van der Waals surface area contributed by atoms with E-state index in [1.54, 1.807) is 30.6 Å². The molecule has 2 rings (SSSR count). The van der Waals surface area contributed by atoms with Crippen molar-refractivity contribution in [3.8, 4) is 5.88 Å². The number of ether oxygens (including phenoxy) is 1. The second-order valence-corrected chi connectivity index (χ2v) is 5.47. The Hall–Kier alpha value is -0.910. The van der Waals surface area contributed by atoms with Gasteiger partial charge in [0.2, 0.25) is 5.88 Å². The summed E-state index contributed by atoms with van der Waals surface area (Å²) in [6, 6.07) is 7.40. The van der Waals surface area contributed by atoms with E-state index >= 15 is 0 Å². The average Bonchev–Trinajstić information content (AvgIpc) is 2.75. The number of hydrogen-bond donors (Lipinski definition) is 1. The van der Waals surface area contributed by atoms with Crippen LogP contribution in [0.4, 0.5) is 0 Å². The topological polar surface area (TPSA) is 42.4 Å². The summed E-state index contributed by atoms with van der Waals surface area (Å²) in [5.41, 5.74) is 0.633. The molecule has 90 valence electrons. The number of halogens is 1. The van der Waals surface area contributed by atoms with Gasteiger partial charge in [-0.1, -0.05) is 6.07 Å². The summed E-state index contributed by atoms with van der Waals surface area (Å²) in [4.78, 5) is 5.33. The Labute approximate surface area is 112 Å². The zero-order chi connectivity index (χ0) is 12.3. The largest absolute Gasteiger partial charge is 0.481 e. The van der Waals surface area contributed by atoms with E-state index in [9.17, 15) is 5.11 Å². The summed E-state index contributed by atoms with van der Waals surface area (Å²) in [7, 11) is 1.56. The summed E-state index contributed by atoms with van der Waals surface area (Å²) in [6.45, 7) is 0. The fraction of sp³-hybridized carbons (Fsp3) is 0.250. The Morgan fingerprint density at radius 3 is 3.00 bits per heavy atom. The van der Waals surface area contributed by atoms with E-state index in [0.29, 0.717) is 18.0 Å². The monoisotopic (exact) mass is 313 g/mol. The predicted octanol–water partition coefficient (Wildman–Crippen LogP) is 3.19. The maximum absolute atomic E-state index is 10.1. The smallest absolute Gasteiger partial charge is 0.213 e. The Morgan fingerprint density at radius 1 is 1.53 bits per heavy atom. The van der Waals surface area contributed by atoms with Gasteiger partial charge in [-0.25, -0.2) is 4.98 Å². The molecular formula is C12H12BrNO2S. The Morgan fingerprint density at radius 2 is 2.35 bits per heavy atom. The molecule has 1 unspecified atom stereocenters. The number of pyridine rings is 1. The molecule has 17 heavy (non-hydrogen) atoms. The quantitative estimate of drug-likeness (QED) is 0.942. The molecule has 5 heteroatoms. The normalized spacial score (nSPS) is 12.4. The fourth-order valence-electron chi connectivity index (χ4n) is 1.49. The molecule has 0 spiro atoms. The maximum Gasteiger partial charge on any atom is 0.213 e. The van der Waals surface area contributed by atoms with Gasteiger partial charge in [-0.05, 0) is 28.1 Å². The van der Waals surface area contributed by atoms with Gasteiger partial charge in [-0.15, -0.1) is 11.3 Å². The summed E-state index contributed by atoms with van der Waals surface area (Å²) in [5.74, 6) is 0.522. The van der Waals surface area contributed by atoms with Crippen molar-refractivity contribution in [1.29, 1.82) is 0 Å². The van der Waals surface area contributed by atoms with E-state index in [1.165, 1.54) is 0 Å². The molecule has 0 radical (unpaired) electrons. The number of aliphatic hydroxyl groups excluding tert-OH is 1. The third-order valence-corrected chi connectivity index (χ3v) is 4.03. The molecule has 0 amide bonds. The molecule has 1 atom stereocenters. The molecule has 0 aliphatic rings. The van der Waals surface area contributed by atoms with Crippen LogP contribution in [0.2, 0.25) is 0 Å². The minimum Gasteiger partial charge on any atom is -0.481 e. The van der Waals surface area contributed by atoms with Gasteiger partial charge in [0, 0.05) is 27.2 Å². The van der Waals surface area contributed by atoms with Crippen molar-refractivity contribution in [3.05, 3.63) is 44.7 Å². The van der Waals surface area contributed by atoms with Crippen LogP contribution in [-0.2, 0) is 6.42 Å². The lowest BCUT2D eigenvalue weighted by atomic mass is 10.1. The van der Waals surface area contributed by atoms with E-state index < -0.39 is 6.10 Å². The molecule has 2 aromatic rings. The van der Waals surface area contributed by atoms with E-state index in [4.69, 9.17) is 4.74 Å². The first-order valence-electron chi connectivity index (χ1n) is 5.11. The summed E-state index contributed by atoms with van der Waals surface area (Å²) in [6.07, 6.45) is -0.0353. The van der Waals surface area contributed by atoms with Crippen LogP contribution < -0.4 is 4.74 Å². The zero-order valence-electron chi connectivity index (χ0n) is 9.26. The number of hydrogen-bond acceptors (Lipinski definition) is 4. The van der Waals surface area contributed by atoms with Crippen LogP contribution in [0, 0.1) is 0 Å². The van der Waals surface area contributed by atoms with Gasteiger partial charge >= 0.3 is 0 Å². The first kappa shape index (κ1) is 12.5. The Balaban J connectivity index is 2.11. The maximum atomic E-state index is 10.1. The van der Waals surface area contributed by atoms with Crippen molar-refractivity contribution in [2.24, 2.45) is 0 Å². The van der Waals surface area contributed by atoms with Crippen LogP contribution in [0.25, 0.3) is 0 Å². The zero-order valence-corrected chi connectivity index (χ0v) is 11.7. The number of aliphatic hydroxyl groups is 1. The number of methoxy groups -OCH3 is 1. The third kappa shape index (κ3) is 3.28. The SMILES string of the molecule is COc1cccc(C(O)Cc2cc(Br)cs2)n1. The Kier molecular flexibility index (Phi) is 4.15. The molecule has 0 saturated carbocycles. The minimum absolute atomic E-state index is 0.522. The van der Waals surface area contributed by atoms with Crippen LogP contribution in [0.15, 0.2) is 34.1 Å². The summed E-state index contributed by atoms with van der Waals surface area (Å²) < 4.78 is 6.08. The highest BCUT2D eigenvalue weighted by atomic mass is 79.9. The van der Waals surface area contributed by atoms with E-state index in [0.717, 1.165) is 9.35 Å². The van der Waals surface area contributed by atoms with Gasteiger partial charge in [-0.2, -0.15) is 0 Å². The summed E-state index contributed by atoms with van der Waals surface area (Å²) in [5, 5.41) is 12.1. The number of aromatic nitrogens is 1. The molecule has 0 aliphatic heterocycles. The number of thiophene rings is 1. The van der Waals surface area contributed by atoms with Gasteiger partial charge in [0.05, 0.1) is 12.8 Å². The fourth-order valence-corrected chi connectivity index (χ4v) is 2.98. The number of rotatable bonds is 4. The van der Waals surface area contributed by atoms with Crippen LogP contribution >= 0.6 is 27.3 Å². The van der Waals surface area contributed by atoms with Gasteiger partial charge in [0.15, 0.2) is 0 Å². The molecule has 1 N–H and O–H groups in total. The lowest BCUT2D eigenvalue weighted by molar-refractivity contribution is 0.173. The lowest BCUT2D eigenvalue weighted by Gasteiger charge is -2.09. The van der Waals surface area contributed by atoms with Crippen LogP contribution in [0.3, 0.4) is 0 Å². The van der Waals surface area contributed by atoms with E-state index in [2.05, 4.69) is 20.9 Å². The van der Waals surface area contributed by atoms with Crippen LogP contribution in [0.5, 0.6) is 5.88 Å². The van der Waals surface area contributed by atoms with Gasteiger partial charge in [-0.3, -0.25) is 0 Å².